The average molecular weight is 328 g/mol. The number of piperazine rings is 1. The van der Waals surface area contributed by atoms with Crippen LogP contribution in [-0.2, 0) is 23.8 Å². The van der Waals surface area contributed by atoms with E-state index in [1.54, 1.807) is 11.8 Å². The third kappa shape index (κ3) is 7.64. The number of hydrogen-bond acceptors (Lipinski definition) is 7. The minimum atomic E-state index is -0.596. The maximum absolute atomic E-state index is 11.6. The van der Waals surface area contributed by atoms with Crippen molar-refractivity contribution >= 4 is 18.0 Å². The molecular formula is C15H24N2O6. The van der Waals surface area contributed by atoms with Crippen molar-refractivity contribution in [2.24, 2.45) is 0 Å². The van der Waals surface area contributed by atoms with Crippen molar-refractivity contribution in [3.05, 3.63) is 12.2 Å². The summed E-state index contributed by atoms with van der Waals surface area (Å²) in [4.78, 5) is 37.6. The number of amides is 1. The van der Waals surface area contributed by atoms with Crippen LogP contribution in [0.3, 0.4) is 0 Å². The highest BCUT2D eigenvalue weighted by atomic mass is 16.6. The Kier molecular flexibility index (Phi) is 8.74. The molecule has 0 atom stereocenters. The van der Waals surface area contributed by atoms with E-state index in [-0.39, 0.29) is 12.7 Å². The third-order valence-corrected chi connectivity index (χ3v) is 3.32. The van der Waals surface area contributed by atoms with Gasteiger partial charge in [-0.05, 0) is 13.3 Å². The van der Waals surface area contributed by atoms with Crippen LogP contribution < -0.4 is 0 Å². The number of nitrogens with zero attached hydrogens (tertiary/aromatic N) is 2. The topological polar surface area (TPSA) is 85.4 Å². The van der Waals surface area contributed by atoms with E-state index >= 15 is 0 Å². The molecule has 23 heavy (non-hydrogen) atoms. The van der Waals surface area contributed by atoms with Gasteiger partial charge in [-0.3, -0.25) is 4.90 Å². The van der Waals surface area contributed by atoms with Crippen molar-refractivity contribution in [1.29, 1.82) is 0 Å². The molecule has 0 aliphatic carbocycles. The van der Waals surface area contributed by atoms with Gasteiger partial charge in [-0.2, -0.15) is 0 Å². The molecule has 0 bridgehead atoms. The Labute approximate surface area is 135 Å². The molecule has 8 heteroatoms. The SMILES string of the molecule is CCOC(=O)N1CCN(CCCOC(=O)/C=C/C(=O)OC)CC1. The van der Waals surface area contributed by atoms with Crippen LogP contribution in [-0.4, -0.2) is 80.9 Å². The molecule has 0 aromatic rings. The Morgan fingerprint density at radius 1 is 1.00 bits per heavy atom. The lowest BCUT2D eigenvalue weighted by Gasteiger charge is -2.33. The number of ether oxygens (including phenoxy) is 3. The van der Waals surface area contributed by atoms with Crippen molar-refractivity contribution in [1.82, 2.24) is 9.80 Å². The molecule has 0 aromatic carbocycles. The zero-order chi connectivity index (χ0) is 17.1. The highest BCUT2D eigenvalue weighted by molar-refractivity contribution is 5.91. The minimum Gasteiger partial charge on any atom is -0.466 e. The summed E-state index contributed by atoms with van der Waals surface area (Å²) in [6.45, 7) is 6.06. The van der Waals surface area contributed by atoms with Crippen LogP contribution >= 0.6 is 0 Å². The molecule has 0 saturated carbocycles. The number of hydrogen-bond donors (Lipinski definition) is 0. The normalized spacial score (nSPS) is 15.5. The Bertz CT molecular complexity index is 430. The molecule has 1 heterocycles. The second-order valence-corrected chi connectivity index (χ2v) is 4.91. The summed E-state index contributed by atoms with van der Waals surface area (Å²) in [5.41, 5.74) is 0. The molecule has 1 rings (SSSR count). The smallest absolute Gasteiger partial charge is 0.409 e. The van der Waals surface area contributed by atoms with Gasteiger partial charge in [0.15, 0.2) is 0 Å². The second kappa shape index (κ2) is 10.6. The molecule has 0 N–H and O–H groups in total. The van der Waals surface area contributed by atoms with Crippen molar-refractivity contribution in [2.45, 2.75) is 13.3 Å². The zero-order valence-corrected chi connectivity index (χ0v) is 13.7. The first-order valence-corrected chi connectivity index (χ1v) is 7.63. The lowest BCUT2D eigenvalue weighted by molar-refractivity contribution is -0.139. The molecule has 1 saturated heterocycles. The van der Waals surface area contributed by atoms with Crippen molar-refractivity contribution in [3.63, 3.8) is 0 Å². The Morgan fingerprint density at radius 3 is 2.26 bits per heavy atom. The van der Waals surface area contributed by atoms with E-state index in [1.165, 1.54) is 7.11 Å². The molecule has 1 amide bonds. The van der Waals surface area contributed by atoms with Gasteiger partial charge in [0.2, 0.25) is 0 Å². The highest BCUT2D eigenvalue weighted by Gasteiger charge is 2.21. The summed E-state index contributed by atoms with van der Waals surface area (Å²) in [7, 11) is 1.24. The summed E-state index contributed by atoms with van der Waals surface area (Å²) in [6.07, 6.45) is 2.50. The largest absolute Gasteiger partial charge is 0.466 e. The standard InChI is InChI=1S/C15H24N2O6/c1-3-22-15(20)17-10-8-16(9-11-17)7-4-12-23-14(19)6-5-13(18)21-2/h5-6H,3-4,7-12H2,1-2H3/b6-5+. The van der Waals surface area contributed by atoms with Gasteiger partial charge < -0.3 is 19.1 Å². The first kappa shape index (κ1) is 19.0. The maximum Gasteiger partial charge on any atom is 0.409 e. The number of methoxy groups -OCH3 is 1. The number of carbonyl (C=O) groups is 3. The van der Waals surface area contributed by atoms with E-state index in [1.807, 2.05) is 0 Å². The van der Waals surface area contributed by atoms with Gasteiger partial charge in [-0.25, -0.2) is 14.4 Å². The molecule has 8 nitrogen and oxygen atoms in total. The first-order chi connectivity index (χ1) is 11.1. The number of rotatable bonds is 7. The first-order valence-electron chi connectivity index (χ1n) is 7.63. The highest BCUT2D eigenvalue weighted by Crippen LogP contribution is 2.04. The van der Waals surface area contributed by atoms with E-state index in [0.29, 0.717) is 26.1 Å². The lowest BCUT2D eigenvalue weighted by atomic mass is 10.3. The van der Waals surface area contributed by atoms with Crippen LogP contribution in [0.2, 0.25) is 0 Å². The van der Waals surface area contributed by atoms with Gasteiger partial charge in [0.05, 0.1) is 20.3 Å². The summed E-state index contributed by atoms with van der Waals surface area (Å²) < 4.78 is 14.3. The fourth-order valence-corrected chi connectivity index (χ4v) is 2.08. The maximum atomic E-state index is 11.6. The Morgan fingerprint density at radius 2 is 1.65 bits per heavy atom. The van der Waals surface area contributed by atoms with Crippen LogP contribution in [0.25, 0.3) is 0 Å². The van der Waals surface area contributed by atoms with Crippen molar-refractivity contribution in [3.8, 4) is 0 Å². The van der Waals surface area contributed by atoms with Gasteiger partial charge in [0.1, 0.15) is 0 Å². The molecule has 0 aromatic heterocycles. The van der Waals surface area contributed by atoms with E-state index in [2.05, 4.69) is 9.64 Å². The predicted octanol–water partition coefficient (Wildman–Crippen LogP) is 0.423. The van der Waals surface area contributed by atoms with Gasteiger partial charge >= 0.3 is 18.0 Å². The van der Waals surface area contributed by atoms with Crippen LogP contribution in [0.5, 0.6) is 0 Å². The molecule has 0 spiro atoms. The van der Waals surface area contributed by atoms with Gasteiger partial charge in [-0.1, -0.05) is 0 Å². The van der Waals surface area contributed by atoms with E-state index < -0.39 is 11.9 Å². The Balaban J connectivity index is 2.11. The predicted molar refractivity (Wildman–Crippen MR) is 81.8 cm³/mol. The Hall–Kier alpha value is -2.09. The fraction of sp³-hybridized carbons (Fsp3) is 0.667. The summed E-state index contributed by atoms with van der Waals surface area (Å²) in [5, 5.41) is 0. The van der Waals surface area contributed by atoms with Gasteiger partial charge in [-0.15, -0.1) is 0 Å². The molecule has 1 fully saturated rings. The zero-order valence-electron chi connectivity index (χ0n) is 13.7. The molecule has 1 aliphatic heterocycles. The van der Waals surface area contributed by atoms with Gasteiger partial charge in [0.25, 0.3) is 0 Å². The van der Waals surface area contributed by atoms with Crippen molar-refractivity contribution < 1.29 is 28.6 Å². The molecule has 0 radical (unpaired) electrons. The quantitative estimate of drug-likeness (QED) is 0.290. The minimum absolute atomic E-state index is 0.265. The molecule has 0 unspecified atom stereocenters. The van der Waals surface area contributed by atoms with E-state index in [0.717, 1.165) is 31.8 Å². The molecular weight excluding hydrogens is 304 g/mol. The van der Waals surface area contributed by atoms with Crippen LogP contribution in [0.1, 0.15) is 13.3 Å². The second-order valence-electron chi connectivity index (χ2n) is 4.91. The van der Waals surface area contributed by atoms with Crippen molar-refractivity contribution in [2.75, 3.05) is 53.0 Å². The molecule has 1 aliphatic rings. The van der Waals surface area contributed by atoms with Crippen LogP contribution in [0, 0.1) is 0 Å². The van der Waals surface area contributed by atoms with Crippen LogP contribution in [0.15, 0.2) is 12.2 Å². The summed E-state index contributed by atoms with van der Waals surface area (Å²) in [5.74, 6) is -1.16. The van der Waals surface area contributed by atoms with E-state index in [4.69, 9.17) is 9.47 Å². The third-order valence-electron chi connectivity index (χ3n) is 3.32. The molecule has 130 valence electrons. The summed E-state index contributed by atoms with van der Waals surface area (Å²) >= 11 is 0. The average Bonchev–Trinajstić information content (AvgIpc) is 2.57. The monoisotopic (exact) mass is 328 g/mol. The van der Waals surface area contributed by atoms with E-state index in [9.17, 15) is 14.4 Å². The van der Waals surface area contributed by atoms with Gasteiger partial charge in [0, 0.05) is 44.9 Å². The van der Waals surface area contributed by atoms with Crippen LogP contribution in [0.4, 0.5) is 4.79 Å². The lowest BCUT2D eigenvalue weighted by Crippen LogP contribution is -2.49. The summed E-state index contributed by atoms with van der Waals surface area (Å²) in [6, 6.07) is 0. The number of carbonyl (C=O) groups excluding carboxylic acids is 3. The fourth-order valence-electron chi connectivity index (χ4n) is 2.08. The number of esters is 2.